The number of hydrogen-bond donors (Lipinski definition) is 14. The molecule has 148 heavy (non-hydrogen) atoms. The van der Waals surface area contributed by atoms with Crippen LogP contribution in [0.1, 0.15) is 262 Å². The van der Waals surface area contributed by atoms with Crippen molar-refractivity contribution >= 4 is 110 Å². The van der Waals surface area contributed by atoms with Crippen molar-refractivity contribution in [1.29, 1.82) is 0 Å². The highest BCUT2D eigenvalue weighted by Crippen LogP contribution is 2.37. The van der Waals surface area contributed by atoms with E-state index in [1.165, 1.54) is 14.7 Å². The van der Waals surface area contributed by atoms with E-state index in [0.717, 1.165) is 88.8 Å². The fourth-order valence-electron chi connectivity index (χ4n) is 16.3. The number of carboxylic acids is 2. The average molecular weight is 2070 g/mol. The summed E-state index contributed by atoms with van der Waals surface area (Å²) in [6, 6.07) is 14.6. The smallest absolute Gasteiger partial charge is 0.411 e. The van der Waals surface area contributed by atoms with Crippen LogP contribution in [0.5, 0.6) is 34.9 Å². The molecule has 5 unspecified atom stereocenters. The van der Waals surface area contributed by atoms with Crippen molar-refractivity contribution in [2.45, 2.75) is 382 Å². The topological polar surface area (TPSA) is 559 Å². The van der Waals surface area contributed by atoms with E-state index in [1.54, 1.807) is 80.9 Å². The molecule has 0 radical (unpaired) electrons. The molecule has 12 rings (SSSR count). The maximum Gasteiger partial charge on any atom is 0.411 e. The lowest BCUT2D eigenvalue weighted by molar-refractivity contribution is -0.144. The molecule has 15 N–H and O–H groups in total. The van der Waals surface area contributed by atoms with Crippen molar-refractivity contribution in [2.75, 3.05) is 39.5 Å². The number of carbonyl (C=O) groups excluding carboxylic acids is 11. The lowest BCUT2D eigenvalue weighted by Crippen LogP contribution is -2.61. The van der Waals surface area contributed by atoms with Gasteiger partial charge in [-0.25, -0.2) is 43.7 Å². The van der Waals surface area contributed by atoms with Gasteiger partial charge in [-0.1, -0.05) is 81.6 Å². The number of likely N-dealkylation sites (tertiary alicyclic amines) is 3. The van der Waals surface area contributed by atoms with Gasteiger partial charge in [0, 0.05) is 89.3 Å². The SMILES string of the molecule is CC(C)(C)NC(=O)N[C@H](C(=O)O)C(C)(C)C.CCC[C@H](N)C(O)C(=O)NC1CC1.CCC[C@H](NC(=O)[C@@H]1CC(Oc2nccc3cc(OCC)ccc23)CN1C(=O)OC(C)(C)C)C(O)C(=O)NC1CC1.CCC[C@H](NC(=O)[C@@H]1CC(Oc2nccc3cc(OCC)ccc23)CN1C(=O)[C@@H](NC(=O)NC(C)(C)C)C(C)(C)C)C(=O)C(=O)NC1CC1.CCOc1ccc2c(OC3C[C@@H](C(=O)O)N(C(=O)OC(C)(C)C)C3)nccc2c1. The number of aliphatic hydroxyl groups is 2. The second kappa shape index (κ2) is 53.3. The van der Waals surface area contributed by atoms with Crippen LogP contribution in [-0.4, -0.2) is 286 Å². The van der Waals surface area contributed by atoms with Gasteiger partial charge in [0.2, 0.25) is 41.1 Å². The molecule has 3 aliphatic carbocycles. The predicted octanol–water partition coefficient (Wildman–Crippen LogP) is 11.8. The van der Waals surface area contributed by atoms with Gasteiger partial charge in [0.05, 0.1) is 51.5 Å². The molecule has 6 heterocycles. The Balaban J connectivity index is 0.000000242. The molecule has 41 heteroatoms. The average Bonchev–Trinajstić information content (AvgIpc) is 1.65. The molecule has 6 aliphatic rings. The van der Waals surface area contributed by atoms with E-state index in [2.05, 4.69) is 62.8 Å². The number of nitrogens with two attached hydrogens (primary N) is 1. The van der Waals surface area contributed by atoms with E-state index in [0.29, 0.717) is 68.9 Å². The number of aromatic nitrogens is 3. The normalized spacial score (nSPS) is 19.1. The van der Waals surface area contributed by atoms with Gasteiger partial charge in [0.25, 0.3) is 17.7 Å². The van der Waals surface area contributed by atoms with Crippen LogP contribution in [-0.2, 0) is 52.6 Å². The van der Waals surface area contributed by atoms with E-state index in [1.807, 2.05) is 177 Å². The molecule has 3 aromatic heterocycles. The van der Waals surface area contributed by atoms with Crippen LogP contribution in [0, 0.1) is 10.8 Å². The molecule has 818 valence electrons. The minimum Gasteiger partial charge on any atom is -0.494 e. The van der Waals surface area contributed by atoms with E-state index < -0.39 is 178 Å². The number of carbonyl (C=O) groups is 13. The van der Waals surface area contributed by atoms with Gasteiger partial charge >= 0.3 is 36.2 Å². The van der Waals surface area contributed by atoms with Crippen molar-refractivity contribution in [3.05, 3.63) is 91.4 Å². The zero-order valence-electron chi connectivity index (χ0n) is 90.4. The summed E-state index contributed by atoms with van der Waals surface area (Å²) in [4.78, 5) is 182. The molecule has 3 saturated carbocycles. The van der Waals surface area contributed by atoms with Gasteiger partial charge in [-0.2, -0.15) is 0 Å². The van der Waals surface area contributed by atoms with Crippen LogP contribution >= 0.6 is 0 Å². The summed E-state index contributed by atoms with van der Waals surface area (Å²) in [5.74, 6) is -2.60. The highest BCUT2D eigenvalue weighted by atomic mass is 16.6. The first-order valence-electron chi connectivity index (χ1n) is 51.4. The van der Waals surface area contributed by atoms with Gasteiger partial charge in [-0.05, 0) is 261 Å². The molecule has 13 atom stereocenters. The van der Waals surface area contributed by atoms with E-state index in [4.69, 9.17) is 48.7 Å². The summed E-state index contributed by atoms with van der Waals surface area (Å²) in [6.45, 7) is 45.6. The maximum atomic E-state index is 14.4. The minimum atomic E-state index is -1.40. The van der Waals surface area contributed by atoms with Crippen LogP contribution in [0.4, 0.5) is 19.2 Å². The molecule has 41 nitrogen and oxygen atoms in total. The number of hydrogen-bond acceptors (Lipinski definition) is 27. The Bertz CT molecular complexity index is 5540. The number of aliphatic hydroxyl groups excluding tert-OH is 2. The Kier molecular flexibility index (Phi) is 43.3. The number of amides is 12. The zero-order chi connectivity index (χ0) is 110. The van der Waals surface area contributed by atoms with Gasteiger partial charge in [-0.15, -0.1) is 0 Å². The third kappa shape index (κ3) is 38.0. The number of rotatable bonds is 36. The molecule has 6 aromatic rings. The second-order valence-electron chi connectivity index (χ2n) is 44.3. The van der Waals surface area contributed by atoms with Crippen molar-refractivity contribution in [1.82, 2.24) is 77.5 Å². The van der Waals surface area contributed by atoms with E-state index >= 15 is 0 Å². The number of carboxylic acid groups (broad SMARTS) is 2. The third-order valence-corrected chi connectivity index (χ3v) is 23.9. The molecular weight excluding hydrogens is 1910 g/mol. The van der Waals surface area contributed by atoms with Crippen LogP contribution in [0.15, 0.2) is 91.4 Å². The lowest BCUT2D eigenvalue weighted by Gasteiger charge is -2.36. The number of urea groups is 2. The van der Waals surface area contributed by atoms with Gasteiger partial charge in [-0.3, -0.25) is 43.4 Å². The first-order chi connectivity index (χ1) is 69.2. The number of pyridine rings is 3. The van der Waals surface area contributed by atoms with Crippen molar-refractivity contribution < 1.29 is 121 Å². The summed E-state index contributed by atoms with van der Waals surface area (Å²) in [6.07, 6.45) is 8.75. The molecular formula is C107H160N16O25. The van der Waals surface area contributed by atoms with Crippen molar-refractivity contribution in [3.63, 3.8) is 0 Å². The number of ether oxygens (including phenoxy) is 8. The molecule has 0 spiro atoms. The fraction of sp³-hybridized carbons (Fsp3) is 0.626. The van der Waals surface area contributed by atoms with Crippen molar-refractivity contribution in [2.24, 2.45) is 16.6 Å². The summed E-state index contributed by atoms with van der Waals surface area (Å²) in [5.41, 5.74) is 1.94. The minimum absolute atomic E-state index is 0.0129. The highest BCUT2D eigenvalue weighted by Gasteiger charge is 2.50. The molecule has 0 bridgehead atoms. The Morgan fingerprint density at radius 2 is 0.777 bits per heavy atom. The van der Waals surface area contributed by atoms with Crippen molar-refractivity contribution in [3.8, 4) is 34.9 Å². The monoisotopic (exact) mass is 2070 g/mol. The Hall–Kier alpha value is -12.9. The Morgan fingerprint density at radius 3 is 1.13 bits per heavy atom. The Morgan fingerprint density at radius 1 is 0.426 bits per heavy atom. The van der Waals surface area contributed by atoms with E-state index in [-0.39, 0.29) is 74.9 Å². The molecule has 3 aromatic carbocycles. The molecule has 3 saturated heterocycles. The molecule has 6 fully saturated rings. The number of aliphatic carboxylic acids is 2. The second-order valence-corrected chi connectivity index (χ2v) is 44.3. The van der Waals surface area contributed by atoms with Gasteiger partial charge in [0.1, 0.15) is 83.1 Å². The fourth-order valence-corrected chi connectivity index (χ4v) is 16.3. The van der Waals surface area contributed by atoms with Gasteiger partial charge < -0.3 is 117 Å². The van der Waals surface area contributed by atoms with Crippen LogP contribution < -0.4 is 82.0 Å². The molecule has 12 amide bonds. The molecule has 3 aliphatic heterocycles. The number of Topliss-reactive ketones (excluding diaryl/α,β-unsaturated/α-hetero) is 1. The number of ketones is 1. The van der Waals surface area contributed by atoms with Crippen LogP contribution in [0.2, 0.25) is 0 Å². The van der Waals surface area contributed by atoms with Crippen LogP contribution in [0.3, 0.4) is 0 Å². The number of nitrogens with zero attached hydrogens (tertiary/aromatic N) is 6. The third-order valence-electron chi connectivity index (χ3n) is 23.9. The summed E-state index contributed by atoms with van der Waals surface area (Å²) >= 11 is 0. The first-order valence-corrected chi connectivity index (χ1v) is 51.4. The quantitative estimate of drug-likeness (QED) is 0.0162. The first kappa shape index (κ1) is 120. The number of benzene rings is 3. The maximum absolute atomic E-state index is 14.4. The van der Waals surface area contributed by atoms with Crippen LogP contribution in [0.25, 0.3) is 32.3 Å². The Labute approximate surface area is 867 Å². The largest absolute Gasteiger partial charge is 0.494 e. The predicted molar refractivity (Wildman–Crippen MR) is 556 cm³/mol. The number of fused-ring (bicyclic) bond motifs is 3. The van der Waals surface area contributed by atoms with E-state index in [9.17, 15) is 77.6 Å². The zero-order valence-corrected chi connectivity index (χ0v) is 90.4. The summed E-state index contributed by atoms with van der Waals surface area (Å²) < 4.78 is 46.4. The lowest BCUT2D eigenvalue weighted by atomic mass is 9.85. The summed E-state index contributed by atoms with van der Waals surface area (Å²) in [7, 11) is 0. The highest BCUT2D eigenvalue weighted by molar-refractivity contribution is 6.38. The van der Waals surface area contributed by atoms with Gasteiger partial charge in [0.15, 0.2) is 6.10 Å². The number of nitrogens with one attached hydrogen (secondary N) is 9. The summed E-state index contributed by atoms with van der Waals surface area (Å²) in [5, 5.41) is 68.3. The standard InChI is InChI=1S/C36H52N6O7.C30H42N4O7.C21H26N2O6.C11H22N2O3.C9H18N2O2/c1-9-11-26(28(43)31(45)38-22-12-13-22)39-30(44)27-19-24(49-32-25-15-14-23(48-10-2)18-21(25)16-17-37-32)20-42(27)33(46)29(35(3,4)5)40-34(47)41-36(6,7)8;1-6-8-23(25(35)27(37)32-19-9-10-19)33-26(36)24-16-21(17-34(24)29(38)41-30(3,4)5)40-28-22-12-11-20(39-7-2)15-18(22)13-14-31-28;1-5-27-14-6-7-16-13(10-14)8-9-22-18(16)28-15-11-17(19(24)25)23(12-15)20(26)29-21(2,3)4;1-10(2,3)7(8(14)15)12-9(16)13-11(4,5)6;1-2-3-7(10)8(12)9(13)11-6-4-5-6/h14-18,22,24,26-27,29H,9-13,19-20H2,1-8H3,(H,38,45)(H,39,44)(H2,40,41,47);11-15,19,21,23-25,35H,6-10,16-17H2,1-5H3,(H,32,37)(H,33,36);6-10,15,17H,5,11-12H2,1-4H3,(H,24,25);7H,1-6H3,(H,14,15)(H2,12,13,16);6-8,12H,2-5,10H2,1H3,(H,11,13)/t24?,26-,27-,29+;21?,23-,24-,25?;15?,17-;7-;7-,8?/m00010/s1.